The average molecular weight is 346 g/mol. The third-order valence-corrected chi connectivity index (χ3v) is 3.33. The van der Waals surface area contributed by atoms with Crippen molar-refractivity contribution >= 4 is 29.6 Å². The molecule has 124 valence electrons. The molecule has 2 rings (SSSR count). The highest BCUT2D eigenvalue weighted by Gasteiger charge is 2.11. The molecule has 0 heterocycles. The first kappa shape index (κ1) is 17.5. The number of hydrazone groups is 1. The summed E-state index contributed by atoms with van der Waals surface area (Å²) in [4.78, 5) is 23.4. The van der Waals surface area contributed by atoms with Gasteiger partial charge in [-0.2, -0.15) is 5.10 Å². The number of para-hydroxylation sites is 1. The Bertz CT molecular complexity index is 745. The van der Waals surface area contributed by atoms with Crippen LogP contribution in [-0.4, -0.2) is 25.1 Å². The number of ether oxygens (including phenoxy) is 1. The number of nitrogens with zero attached hydrogens (tertiary/aromatic N) is 1. The molecule has 0 aliphatic rings. The number of hydrogen-bond donors (Lipinski definition) is 2. The van der Waals surface area contributed by atoms with Crippen LogP contribution in [0.1, 0.15) is 11.1 Å². The molecule has 2 N–H and O–H groups in total. The summed E-state index contributed by atoms with van der Waals surface area (Å²) in [5.41, 5.74) is 3.68. The van der Waals surface area contributed by atoms with Crippen molar-refractivity contribution in [2.75, 3.05) is 7.11 Å². The molecule has 0 aliphatic carbocycles. The van der Waals surface area contributed by atoms with Gasteiger partial charge in [-0.15, -0.1) is 0 Å². The molecule has 0 saturated carbocycles. The van der Waals surface area contributed by atoms with E-state index in [2.05, 4.69) is 15.8 Å². The van der Waals surface area contributed by atoms with Crippen molar-refractivity contribution in [1.82, 2.24) is 10.7 Å². The summed E-state index contributed by atoms with van der Waals surface area (Å²) in [5.74, 6) is -1.01. The fourth-order valence-electron chi connectivity index (χ4n) is 1.85. The van der Waals surface area contributed by atoms with Crippen molar-refractivity contribution in [2.24, 2.45) is 5.10 Å². The molecule has 24 heavy (non-hydrogen) atoms. The highest BCUT2D eigenvalue weighted by Crippen LogP contribution is 2.14. The minimum atomic E-state index is -0.852. The van der Waals surface area contributed by atoms with Gasteiger partial charge in [0.15, 0.2) is 0 Å². The normalized spacial score (nSPS) is 10.4. The van der Waals surface area contributed by atoms with Gasteiger partial charge in [0, 0.05) is 17.1 Å². The first-order valence-electron chi connectivity index (χ1n) is 7.09. The van der Waals surface area contributed by atoms with Crippen LogP contribution in [0.25, 0.3) is 0 Å². The van der Waals surface area contributed by atoms with E-state index in [9.17, 15) is 9.59 Å². The van der Waals surface area contributed by atoms with Gasteiger partial charge in [-0.05, 0) is 29.8 Å². The molecule has 0 saturated heterocycles. The van der Waals surface area contributed by atoms with E-state index in [1.165, 1.54) is 13.3 Å². The van der Waals surface area contributed by atoms with E-state index in [4.69, 9.17) is 16.3 Å². The number of benzene rings is 2. The van der Waals surface area contributed by atoms with Crippen LogP contribution in [0.5, 0.6) is 5.75 Å². The lowest BCUT2D eigenvalue weighted by Crippen LogP contribution is -2.37. The Kier molecular flexibility index (Phi) is 6.33. The SMILES string of the molecule is COc1ccccc1/C=N\NC(=O)C(=O)NCc1ccc(Cl)cc1. The predicted octanol–water partition coefficient (Wildman–Crippen LogP) is 2.12. The zero-order valence-corrected chi connectivity index (χ0v) is 13.7. The van der Waals surface area contributed by atoms with Crippen molar-refractivity contribution in [1.29, 1.82) is 0 Å². The molecule has 2 aromatic carbocycles. The standard InChI is InChI=1S/C17H16ClN3O3/c1-24-15-5-3-2-4-13(15)11-20-21-17(23)16(22)19-10-12-6-8-14(18)9-7-12/h2-9,11H,10H2,1H3,(H,19,22)(H,21,23)/b20-11-. The maximum atomic E-state index is 11.7. The number of halogens is 1. The Morgan fingerprint density at radius 1 is 1.12 bits per heavy atom. The van der Waals surface area contributed by atoms with Gasteiger partial charge >= 0.3 is 11.8 Å². The predicted molar refractivity (Wildman–Crippen MR) is 92.0 cm³/mol. The van der Waals surface area contributed by atoms with Gasteiger partial charge in [-0.3, -0.25) is 9.59 Å². The molecule has 0 unspecified atom stereocenters. The van der Waals surface area contributed by atoms with Gasteiger partial charge in [0.1, 0.15) is 5.75 Å². The molecule has 0 atom stereocenters. The zero-order valence-electron chi connectivity index (χ0n) is 13.0. The second-order valence-electron chi connectivity index (χ2n) is 4.75. The lowest BCUT2D eigenvalue weighted by Gasteiger charge is -2.05. The summed E-state index contributed by atoms with van der Waals surface area (Å²) < 4.78 is 5.15. The third-order valence-electron chi connectivity index (χ3n) is 3.08. The van der Waals surface area contributed by atoms with E-state index >= 15 is 0 Å². The number of hydrogen-bond acceptors (Lipinski definition) is 4. The van der Waals surface area contributed by atoms with Crippen LogP contribution in [0.2, 0.25) is 5.02 Å². The van der Waals surface area contributed by atoms with E-state index in [0.717, 1.165) is 5.56 Å². The summed E-state index contributed by atoms with van der Waals surface area (Å²) in [7, 11) is 1.54. The minimum absolute atomic E-state index is 0.222. The van der Waals surface area contributed by atoms with Crippen molar-refractivity contribution in [2.45, 2.75) is 6.54 Å². The fraction of sp³-hybridized carbons (Fsp3) is 0.118. The number of carbonyl (C=O) groups is 2. The van der Waals surface area contributed by atoms with E-state index in [-0.39, 0.29) is 6.54 Å². The van der Waals surface area contributed by atoms with Gasteiger partial charge in [0.05, 0.1) is 13.3 Å². The summed E-state index contributed by atoms with van der Waals surface area (Å²) in [6.07, 6.45) is 1.41. The maximum Gasteiger partial charge on any atom is 0.329 e. The first-order chi connectivity index (χ1) is 11.6. The number of carbonyl (C=O) groups excluding carboxylic acids is 2. The number of methoxy groups -OCH3 is 1. The lowest BCUT2D eigenvalue weighted by atomic mass is 10.2. The molecule has 0 fully saturated rings. The van der Waals surface area contributed by atoms with Gasteiger partial charge < -0.3 is 10.1 Å². The molecular weight excluding hydrogens is 330 g/mol. The molecule has 0 bridgehead atoms. The topological polar surface area (TPSA) is 79.8 Å². The van der Waals surface area contributed by atoms with Crippen LogP contribution < -0.4 is 15.5 Å². The first-order valence-corrected chi connectivity index (χ1v) is 7.46. The highest BCUT2D eigenvalue weighted by molar-refractivity contribution is 6.35. The van der Waals surface area contributed by atoms with E-state index in [1.54, 1.807) is 36.4 Å². The van der Waals surface area contributed by atoms with Crippen LogP contribution in [0.3, 0.4) is 0 Å². The van der Waals surface area contributed by atoms with E-state index < -0.39 is 11.8 Å². The van der Waals surface area contributed by atoms with Crippen LogP contribution in [0.15, 0.2) is 53.6 Å². The van der Waals surface area contributed by atoms with Gasteiger partial charge in [-0.1, -0.05) is 35.9 Å². The molecule has 2 amide bonds. The van der Waals surface area contributed by atoms with Crippen molar-refractivity contribution < 1.29 is 14.3 Å². The Balaban J connectivity index is 1.84. The number of amides is 2. The Labute approximate surface area is 144 Å². The highest BCUT2D eigenvalue weighted by atomic mass is 35.5. The molecule has 0 aliphatic heterocycles. The molecule has 7 heteroatoms. The fourth-order valence-corrected chi connectivity index (χ4v) is 1.98. The smallest absolute Gasteiger partial charge is 0.329 e. The van der Waals surface area contributed by atoms with Crippen molar-refractivity contribution in [3.63, 3.8) is 0 Å². The summed E-state index contributed by atoms with van der Waals surface area (Å²) in [6.45, 7) is 0.222. The molecular formula is C17H16ClN3O3. The van der Waals surface area contributed by atoms with Gasteiger partial charge in [-0.25, -0.2) is 5.43 Å². The van der Waals surface area contributed by atoms with Crippen LogP contribution >= 0.6 is 11.6 Å². The largest absolute Gasteiger partial charge is 0.496 e. The van der Waals surface area contributed by atoms with E-state index in [0.29, 0.717) is 16.3 Å². The third kappa shape index (κ3) is 5.10. The molecule has 0 radical (unpaired) electrons. The summed E-state index contributed by atoms with van der Waals surface area (Å²) in [5, 5.41) is 6.86. The quantitative estimate of drug-likeness (QED) is 0.495. The van der Waals surface area contributed by atoms with E-state index in [1.807, 2.05) is 12.1 Å². The molecule has 2 aromatic rings. The second kappa shape index (κ2) is 8.69. The van der Waals surface area contributed by atoms with Crippen LogP contribution in [-0.2, 0) is 16.1 Å². The zero-order chi connectivity index (χ0) is 17.4. The summed E-state index contributed by atoms with van der Waals surface area (Å²) in [6, 6.07) is 14.1. The monoisotopic (exact) mass is 345 g/mol. The Hall–Kier alpha value is -2.86. The van der Waals surface area contributed by atoms with Crippen molar-refractivity contribution in [3.8, 4) is 5.75 Å². The van der Waals surface area contributed by atoms with Gasteiger partial charge in [0.2, 0.25) is 0 Å². The molecule has 6 nitrogen and oxygen atoms in total. The average Bonchev–Trinajstić information content (AvgIpc) is 2.61. The van der Waals surface area contributed by atoms with Crippen LogP contribution in [0.4, 0.5) is 0 Å². The minimum Gasteiger partial charge on any atom is -0.496 e. The van der Waals surface area contributed by atoms with Crippen LogP contribution in [0, 0.1) is 0 Å². The second-order valence-corrected chi connectivity index (χ2v) is 5.19. The Morgan fingerprint density at radius 3 is 2.54 bits per heavy atom. The maximum absolute atomic E-state index is 11.7. The summed E-state index contributed by atoms with van der Waals surface area (Å²) >= 11 is 5.78. The molecule has 0 aromatic heterocycles. The Morgan fingerprint density at radius 2 is 1.83 bits per heavy atom. The lowest BCUT2D eigenvalue weighted by molar-refractivity contribution is -0.139. The number of nitrogens with one attached hydrogen (secondary N) is 2. The number of rotatable bonds is 5. The van der Waals surface area contributed by atoms with Crippen molar-refractivity contribution in [3.05, 3.63) is 64.7 Å². The molecule has 0 spiro atoms. The van der Waals surface area contributed by atoms with Gasteiger partial charge in [0.25, 0.3) is 0 Å².